The molecule has 0 aliphatic rings. The molecule has 25 heavy (non-hydrogen) atoms. The van der Waals surface area contributed by atoms with Gasteiger partial charge in [-0.1, -0.05) is 17.7 Å². The van der Waals surface area contributed by atoms with Gasteiger partial charge < -0.3 is 21.1 Å². The molecule has 0 saturated heterocycles. The van der Waals surface area contributed by atoms with E-state index < -0.39 is 0 Å². The number of guanidine groups is 1. The normalized spacial score (nSPS) is 11.1. The second kappa shape index (κ2) is 8.94. The monoisotopic (exact) mass is 360 g/mol. The molecule has 0 bridgehead atoms. The fraction of sp³-hybridized carbons (Fsp3) is 0.222. The molecule has 7 heteroatoms. The number of aryl methyl sites for hydroxylation is 1. The molecule has 0 saturated carbocycles. The second-order valence-electron chi connectivity index (χ2n) is 5.40. The van der Waals surface area contributed by atoms with Gasteiger partial charge in [0.25, 0.3) is 0 Å². The van der Waals surface area contributed by atoms with Gasteiger partial charge in [0.05, 0.1) is 24.4 Å². The van der Waals surface area contributed by atoms with Gasteiger partial charge in [-0.05, 0) is 48.9 Å². The Labute approximate surface area is 152 Å². The van der Waals surface area contributed by atoms with Crippen LogP contribution in [0.2, 0.25) is 5.02 Å². The number of nitrogens with zero attached hydrogens (tertiary/aromatic N) is 1. The number of benzene rings is 2. The molecule has 0 radical (unpaired) electrons. The number of carbonyl (C=O) groups excluding carboxylic acids is 1. The van der Waals surface area contributed by atoms with Crippen LogP contribution in [0.1, 0.15) is 12.0 Å². The Bertz CT molecular complexity index is 760. The van der Waals surface area contributed by atoms with Gasteiger partial charge in [0.2, 0.25) is 5.91 Å². The van der Waals surface area contributed by atoms with Crippen molar-refractivity contribution in [1.82, 2.24) is 0 Å². The number of hydrogen-bond donors (Lipinski definition) is 3. The molecule has 6 nitrogen and oxygen atoms in total. The zero-order valence-corrected chi connectivity index (χ0v) is 14.9. The molecular weight excluding hydrogens is 340 g/mol. The highest BCUT2D eigenvalue weighted by molar-refractivity contribution is 6.33. The summed E-state index contributed by atoms with van der Waals surface area (Å²) >= 11 is 6.09. The van der Waals surface area contributed by atoms with Gasteiger partial charge in [-0.15, -0.1) is 0 Å². The number of amides is 1. The van der Waals surface area contributed by atoms with Crippen LogP contribution in [0.5, 0.6) is 5.75 Å². The van der Waals surface area contributed by atoms with Crippen molar-refractivity contribution in [2.45, 2.75) is 13.3 Å². The van der Waals surface area contributed by atoms with Crippen LogP contribution < -0.4 is 21.1 Å². The Morgan fingerprint density at radius 3 is 2.56 bits per heavy atom. The number of aliphatic imine (C=N–C) groups is 1. The lowest BCUT2D eigenvalue weighted by atomic mass is 10.2. The molecule has 0 spiro atoms. The number of methoxy groups -OCH3 is 1. The molecule has 2 aromatic carbocycles. The van der Waals surface area contributed by atoms with Gasteiger partial charge in [0.15, 0.2) is 5.96 Å². The van der Waals surface area contributed by atoms with Gasteiger partial charge in [0.1, 0.15) is 5.75 Å². The van der Waals surface area contributed by atoms with Gasteiger partial charge in [-0.3, -0.25) is 9.79 Å². The lowest BCUT2D eigenvalue weighted by Crippen LogP contribution is -2.23. The minimum absolute atomic E-state index is 0.174. The van der Waals surface area contributed by atoms with E-state index in [1.54, 1.807) is 19.2 Å². The predicted octanol–water partition coefficient (Wildman–Crippen LogP) is 3.41. The van der Waals surface area contributed by atoms with E-state index >= 15 is 0 Å². The van der Waals surface area contributed by atoms with Gasteiger partial charge in [-0.25, -0.2) is 0 Å². The number of nitrogens with two attached hydrogens (primary N) is 1. The summed E-state index contributed by atoms with van der Waals surface area (Å²) in [4.78, 5) is 16.1. The molecule has 0 unspecified atom stereocenters. The summed E-state index contributed by atoms with van der Waals surface area (Å²) in [5.74, 6) is 0.825. The first-order valence-corrected chi connectivity index (χ1v) is 8.12. The molecule has 0 heterocycles. The van der Waals surface area contributed by atoms with Gasteiger partial charge >= 0.3 is 0 Å². The number of hydrogen-bond acceptors (Lipinski definition) is 3. The van der Waals surface area contributed by atoms with E-state index in [1.165, 1.54) is 0 Å². The Hall–Kier alpha value is -2.73. The van der Waals surface area contributed by atoms with E-state index in [-0.39, 0.29) is 24.8 Å². The SMILES string of the molecule is COc1ccc(NC(N)=NCCC(=O)Nc2ccc(C)cc2Cl)cc1. The summed E-state index contributed by atoms with van der Waals surface area (Å²) in [6.07, 6.45) is 0.204. The van der Waals surface area contributed by atoms with Gasteiger partial charge in [-0.2, -0.15) is 0 Å². The van der Waals surface area contributed by atoms with E-state index in [4.69, 9.17) is 22.1 Å². The summed E-state index contributed by atoms with van der Waals surface area (Å²) < 4.78 is 5.09. The first kappa shape index (κ1) is 18.6. The number of halogens is 1. The van der Waals surface area contributed by atoms with Crippen molar-refractivity contribution in [3.05, 3.63) is 53.1 Å². The third-order valence-electron chi connectivity index (χ3n) is 3.38. The van der Waals surface area contributed by atoms with E-state index in [1.807, 2.05) is 37.3 Å². The first-order valence-electron chi connectivity index (χ1n) is 7.75. The summed E-state index contributed by atoms with van der Waals surface area (Å²) in [5.41, 5.74) is 8.22. The molecule has 0 atom stereocenters. The maximum atomic E-state index is 11.9. The highest BCUT2D eigenvalue weighted by Gasteiger charge is 2.06. The van der Waals surface area contributed by atoms with E-state index in [0.717, 1.165) is 17.0 Å². The molecule has 0 fully saturated rings. The van der Waals surface area contributed by atoms with Crippen LogP contribution in [-0.4, -0.2) is 25.5 Å². The zero-order chi connectivity index (χ0) is 18.2. The van der Waals surface area contributed by atoms with Crippen molar-refractivity contribution in [2.75, 3.05) is 24.3 Å². The number of carbonyl (C=O) groups is 1. The molecule has 132 valence electrons. The minimum atomic E-state index is -0.174. The maximum Gasteiger partial charge on any atom is 0.226 e. The fourth-order valence-electron chi connectivity index (χ4n) is 2.07. The van der Waals surface area contributed by atoms with E-state index in [0.29, 0.717) is 10.7 Å². The Kier molecular flexibility index (Phi) is 6.65. The van der Waals surface area contributed by atoms with E-state index in [2.05, 4.69) is 15.6 Å². The quantitative estimate of drug-likeness (QED) is 0.544. The molecule has 4 N–H and O–H groups in total. The van der Waals surface area contributed by atoms with Crippen molar-refractivity contribution in [3.63, 3.8) is 0 Å². The van der Waals surface area contributed by atoms with Crippen LogP contribution in [-0.2, 0) is 4.79 Å². The van der Waals surface area contributed by atoms with Crippen LogP contribution in [0, 0.1) is 6.92 Å². The van der Waals surface area contributed by atoms with E-state index in [9.17, 15) is 4.79 Å². The molecule has 0 aliphatic heterocycles. The standard InChI is InChI=1S/C18H21ClN4O2/c1-12-3-8-16(15(19)11-12)23-17(24)9-10-21-18(20)22-13-4-6-14(25-2)7-5-13/h3-8,11H,9-10H2,1-2H3,(H,23,24)(H3,20,21,22). The molecule has 0 aromatic heterocycles. The van der Waals surface area contributed by atoms with Crippen molar-refractivity contribution in [2.24, 2.45) is 10.7 Å². The predicted molar refractivity (Wildman–Crippen MR) is 103 cm³/mol. The number of rotatable bonds is 6. The second-order valence-corrected chi connectivity index (χ2v) is 5.81. The highest BCUT2D eigenvalue weighted by Crippen LogP contribution is 2.22. The first-order chi connectivity index (χ1) is 12.0. The molecule has 1 amide bonds. The maximum absolute atomic E-state index is 11.9. The third-order valence-corrected chi connectivity index (χ3v) is 3.69. The number of nitrogens with one attached hydrogen (secondary N) is 2. The Morgan fingerprint density at radius 2 is 1.92 bits per heavy atom. The van der Waals surface area contributed by atoms with Crippen LogP contribution in [0.3, 0.4) is 0 Å². The third kappa shape index (κ3) is 6.00. The summed E-state index contributed by atoms with van der Waals surface area (Å²) in [6, 6.07) is 12.7. The molecular formula is C18H21ClN4O2. The Balaban J connectivity index is 1.81. The highest BCUT2D eigenvalue weighted by atomic mass is 35.5. The van der Waals surface area contributed by atoms with Crippen molar-refractivity contribution in [3.8, 4) is 5.75 Å². The van der Waals surface area contributed by atoms with Crippen LogP contribution in [0.15, 0.2) is 47.5 Å². The smallest absolute Gasteiger partial charge is 0.226 e. The number of ether oxygens (including phenoxy) is 1. The lowest BCUT2D eigenvalue weighted by Gasteiger charge is -2.08. The van der Waals surface area contributed by atoms with Crippen molar-refractivity contribution in [1.29, 1.82) is 0 Å². The average Bonchev–Trinajstić information content (AvgIpc) is 2.58. The van der Waals surface area contributed by atoms with Gasteiger partial charge in [0, 0.05) is 12.1 Å². The molecule has 0 aliphatic carbocycles. The zero-order valence-electron chi connectivity index (χ0n) is 14.2. The molecule has 2 rings (SSSR count). The van der Waals surface area contributed by atoms with Crippen molar-refractivity contribution >= 4 is 34.8 Å². The Morgan fingerprint density at radius 1 is 1.20 bits per heavy atom. The summed E-state index contributed by atoms with van der Waals surface area (Å²) in [6.45, 7) is 2.20. The topological polar surface area (TPSA) is 88.7 Å². The lowest BCUT2D eigenvalue weighted by molar-refractivity contribution is -0.116. The minimum Gasteiger partial charge on any atom is -0.497 e. The van der Waals surface area contributed by atoms with Crippen LogP contribution >= 0.6 is 11.6 Å². The summed E-state index contributed by atoms with van der Waals surface area (Å²) in [7, 11) is 1.60. The largest absolute Gasteiger partial charge is 0.497 e. The number of anilines is 2. The van der Waals surface area contributed by atoms with Crippen LogP contribution in [0.25, 0.3) is 0 Å². The average molecular weight is 361 g/mol. The summed E-state index contributed by atoms with van der Waals surface area (Å²) in [5, 5.41) is 6.22. The molecule has 2 aromatic rings. The van der Waals surface area contributed by atoms with Crippen LogP contribution in [0.4, 0.5) is 11.4 Å². The van der Waals surface area contributed by atoms with Crippen molar-refractivity contribution < 1.29 is 9.53 Å². The fourth-order valence-corrected chi connectivity index (χ4v) is 2.36.